The smallest absolute Gasteiger partial charge is 0.162 e. The standard InChI is InChI=1S/C27H32O3/c1-26-12-10-19(29)14-18(26)8-9-20-22(26)11-13-27(2)23(20)15-21(25(27)24(30)16-28)17-6-4-3-5-7-17/h3-7,10-12,14,19-21,23,25,28-29H,8-9,13,15-16H2,1-2H3/t19?,20?,21-,23?,25+,26-,27-/m0/s1. The summed E-state index contributed by atoms with van der Waals surface area (Å²) < 4.78 is 0. The van der Waals surface area contributed by atoms with Crippen molar-refractivity contribution in [1.29, 1.82) is 0 Å². The number of fused-ring (bicyclic) bond motifs is 5. The van der Waals surface area contributed by atoms with Crippen LogP contribution in [0.4, 0.5) is 0 Å². The minimum absolute atomic E-state index is 0.00556. The van der Waals surface area contributed by atoms with Crippen LogP contribution in [0.25, 0.3) is 0 Å². The molecule has 3 heteroatoms. The van der Waals surface area contributed by atoms with E-state index in [1.165, 1.54) is 16.7 Å². The zero-order valence-corrected chi connectivity index (χ0v) is 17.9. The number of aliphatic hydroxyl groups excluding tert-OH is 2. The molecule has 0 radical (unpaired) electrons. The van der Waals surface area contributed by atoms with E-state index in [1.807, 2.05) is 18.2 Å². The molecule has 2 N–H and O–H groups in total. The maximum atomic E-state index is 13.0. The van der Waals surface area contributed by atoms with Gasteiger partial charge in [0.05, 0.1) is 6.10 Å². The fourth-order valence-electron chi connectivity index (χ4n) is 7.41. The molecule has 3 unspecified atom stereocenters. The average molecular weight is 405 g/mol. The van der Waals surface area contributed by atoms with Crippen molar-refractivity contribution in [2.75, 3.05) is 6.61 Å². The van der Waals surface area contributed by atoms with Gasteiger partial charge in [-0.25, -0.2) is 0 Å². The third-order valence-corrected chi connectivity index (χ3v) is 8.84. The molecule has 158 valence electrons. The molecule has 0 spiro atoms. The van der Waals surface area contributed by atoms with Crippen molar-refractivity contribution in [3.63, 3.8) is 0 Å². The summed E-state index contributed by atoms with van der Waals surface area (Å²) in [6, 6.07) is 10.4. The zero-order valence-electron chi connectivity index (χ0n) is 17.9. The lowest BCUT2D eigenvalue weighted by Crippen LogP contribution is -2.45. The summed E-state index contributed by atoms with van der Waals surface area (Å²) in [5, 5.41) is 19.9. The summed E-state index contributed by atoms with van der Waals surface area (Å²) in [4.78, 5) is 13.0. The van der Waals surface area contributed by atoms with Crippen molar-refractivity contribution in [3.8, 4) is 0 Å². The third kappa shape index (κ3) is 2.75. The number of ketones is 1. The Labute approximate surface area is 179 Å². The van der Waals surface area contributed by atoms with Gasteiger partial charge in [-0.1, -0.05) is 72.7 Å². The predicted molar refractivity (Wildman–Crippen MR) is 118 cm³/mol. The van der Waals surface area contributed by atoms with Gasteiger partial charge in [0.2, 0.25) is 0 Å². The Morgan fingerprint density at radius 2 is 1.93 bits per heavy atom. The van der Waals surface area contributed by atoms with Crippen molar-refractivity contribution in [3.05, 3.63) is 71.3 Å². The first-order valence-electron chi connectivity index (χ1n) is 11.4. The van der Waals surface area contributed by atoms with Crippen LogP contribution in [0.2, 0.25) is 0 Å². The Hall–Kier alpha value is -1.97. The number of carbonyl (C=O) groups is 1. The maximum Gasteiger partial charge on any atom is 0.162 e. The number of carbonyl (C=O) groups excluding carboxylic acids is 1. The molecule has 1 aromatic carbocycles. The topological polar surface area (TPSA) is 57.5 Å². The highest BCUT2D eigenvalue weighted by molar-refractivity contribution is 5.84. The molecular weight excluding hydrogens is 372 g/mol. The number of allylic oxidation sites excluding steroid dienone is 4. The molecule has 0 aromatic heterocycles. The Kier molecular flexibility index (Phi) is 4.68. The van der Waals surface area contributed by atoms with E-state index in [1.54, 1.807) is 0 Å². The molecule has 7 atom stereocenters. The van der Waals surface area contributed by atoms with Gasteiger partial charge in [-0.2, -0.15) is 0 Å². The van der Waals surface area contributed by atoms with Crippen LogP contribution in [-0.2, 0) is 4.79 Å². The van der Waals surface area contributed by atoms with Gasteiger partial charge in [-0.15, -0.1) is 0 Å². The highest BCUT2D eigenvalue weighted by Gasteiger charge is 2.60. The molecule has 0 bridgehead atoms. The quantitative estimate of drug-likeness (QED) is 0.725. The number of rotatable bonds is 3. The summed E-state index contributed by atoms with van der Waals surface area (Å²) in [5.41, 5.74) is 3.82. The first-order chi connectivity index (χ1) is 14.4. The van der Waals surface area contributed by atoms with Crippen LogP contribution < -0.4 is 0 Å². The highest BCUT2D eigenvalue weighted by atomic mass is 16.3. The van der Waals surface area contributed by atoms with Crippen molar-refractivity contribution >= 4 is 5.78 Å². The first-order valence-corrected chi connectivity index (χ1v) is 11.4. The molecule has 3 nitrogen and oxygen atoms in total. The van der Waals surface area contributed by atoms with Crippen LogP contribution in [0.5, 0.6) is 0 Å². The number of aliphatic hydroxyl groups is 2. The van der Waals surface area contributed by atoms with Gasteiger partial charge < -0.3 is 10.2 Å². The molecule has 5 rings (SSSR count). The van der Waals surface area contributed by atoms with Crippen LogP contribution in [0, 0.1) is 28.6 Å². The molecule has 0 heterocycles. The fourth-order valence-corrected chi connectivity index (χ4v) is 7.41. The van der Waals surface area contributed by atoms with Crippen molar-refractivity contribution < 1.29 is 15.0 Å². The summed E-state index contributed by atoms with van der Waals surface area (Å²) in [7, 11) is 0. The van der Waals surface area contributed by atoms with Crippen LogP contribution in [0.15, 0.2) is 65.8 Å². The second-order valence-electron chi connectivity index (χ2n) is 10.2. The number of Topliss-reactive ketones (excluding diaryl/α,β-unsaturated/α-hetero) is 1. The Morgan fingerprint density at radius 1 is 1.17 bits per heavy atom. The second-order valence-corrected chi connectivity index (χ2v) is 10.2. The Bertz CT molecular complexity index is 942. The molecule has 2 fully saturated rings. The van der Waals surface area contributed by atoms with E-state index >= 15 is 0 Å². The lowest BCUT2D eigenvalue weighted by Gasteiger charge is -2.52. The molecule has 4 aliphatic carbocycles. The molecule has 0 amide bonds. The monoisotopic (exact) mass is 404 g/mol. The number of benzene rings is 1. The van der Waals surface area contributed by atoms with E-state index in [-0.39, 0.29) is 35.1 Å². The molecule has 2 saturated carbocycles. The number of hydrogen-bond acceptors (Lipinski definition) is 3. The minimum atomic E-state index is -0.473. The first kappa shape index (κ1) is 20.0. The van der Waals surface area contributed by atoms with Crippen LogP contribution >= 0.6 is 0 Å². The van der Waals surface area contributed by atoms with E-state index in [2.05, 4.69) is 50.3 Å². The molecule has 4 aliphatic rings. The van der Waals surface area contributed by atoms with Gasteiger partial charge >= 0.3 is 0 Å². The van der Waals surface area contributed by atoms with E-state index in [0.29, 0.717) is 11.8 Å². The maximum absolute atomic E-state index is 13.0. The SMILES string of the molecule is C[C@]12C=CC(O)C=C1CCC1C2=CC[C@@]2(C)C1C[C@@H](c1ccccc1)[C@@H]2C(=O)CO. The van der Waals surface area contributed by atoms with Crippen LogP contribution in [-0.4, -0.2) is 28.7 Å². The second kappa shape index (κ2) is 7.03. The van der Waals surface area contributed by atoms with Gasteiger partial charge in [0, 0.05) is 11.3 Å². The Morgan fingerprint density at radius 3 is 2.67 bits per heavy atom. The van der Waals surface area contributed by atoms with Crippen molar-refractivity contribution in [1.82, 2.24) is 0 Å². The molecule has 30 heavy (non-hydrogen) atoms. The molecule has 1 aromatic rings. The number of hydrogen-bond donors (Lipinski definition) is 2. The van der Waals surface area contributed by atoms with Gasteiger partial charge in [0.1, 0.15) is 6.61 Å². The molecular formula is C27H32O3. The van der Waals surface area contributed by atoms with E-state index < -0.39 is 6.10 Å². The van der Waals surface area contributed by atoms with Crippen LogP contribution in [0.3, 0.4) is 0 Å². The lowest BCUT2D eigenvalue weighted by atomic mass is 9.52. The normalized spacial score (nSPS) is 41.9. The van der Waals surface area contributed by atoms with Gasteiger partial charge in [0.15, 0.2) is 5.78 Å². The summed E-state index contributed by atoms with van der Waals surface area (Å²) in [6.07, 6.45) is 12.0. The van der Waals surface area contributed by atoms with Gasteiger partial charge in [-0.3, -0.25) is 4.79 Å². The largest absolute Gasteiger partial charge is 0.389 e. The van der Waals surface area contributed by atoms with Gasteiger partial charge in [-0.05, 0) is 61.3 Å². The van der Waals surface area contributed by atoms with Crippen LogP contribution in [0.1, 0.15) is 51.0 Å². The fraction of sp³-hybridized carbons (Fsp3) is 0.519. The zero-order chi connectivity index (χ0) is 21.1. The summed E-state index contributed by atoms with van der Waals surface area (Å²) in [6.45, 7) is 4.21. The highest BCUT2D eigenvalue weighted by Crippen LogP contribution is 2.66. The van der Waals surface area contributed by atoms with Crippen molar-refractivity contribution in [2.24, 2.45) is 28.6 Å². The summed E-state index contributed by atoms with van der Waals surface area (Å²) >= 11 is 0. The van der Waals surface area contributed by atoms with Crippen molar-refractivity contribution in [2.45, 2.75) is 51.6 Å². The minimum Gasteiger partial charge on any atom is -0.389 e. The Balaban J connectivity index is 1.57. The molecule has 0 aliphatic heterocycles. The third-order valence-electron chi connectivity index (χ3n) is 8.84. The van der Waals surface area contributed by atoms with E-state index in [9.17, 15) is 15.0 Å². The predicted octanol–water partition coefficient (Wildman–Crippen LogP) is 4.58. The van der Waals surface area contributed by atoms with Gasteiger partial charge in [0.25, 0.3) is 0 Å². The van der Waals surface area contributed by atoms with E-state index in [4.69, 9.17) is 0 Å². The lowest BCUT2D eigenvalue weighted by molar-refractivity contribution is -0.130. The summed E-state index contributed by atoms with van der Waals surface area (Å²) in [5.74, 6) is 0.910. The molecule has 0 saturated heterocycles. The van der Waals surface area contributed by atoms with E-state index in [0.717, 1.165) is 25.7 Å². The average Bonchev–Trinajstić information content (AvgIpc) is 3.07.